The van der Waals surface area contributed by atoms with Crippen LogP contribution in [0.3, 0.4) is 0 Å². The predicted octanol–water partition coefficient (Wildman–Crippen LogP) is 3.81. The molecule has 1 heterocycles. The molecule has 0 fully saturated rings. The molecule has 0 saturated carbocycles. The van der Waals surface area contributed by atoms with Gasteiger partial charge in [0.1, 0.15) is 5.76 Å². The van der Waals surface area contributed by atoms with Gasteiger partial charge in [-0.1, -0.05) is 11.6 Å². The van der Waals surface area contributed by atoms with Crippen LogP contribution in [0.15, 0.2) is 70.2 Å². The van der Waals surface area contributed by atoms with E-state index < -0.39 is 28.5 Å². The molecule has 8 nitrogen and oxygen atoms in total. The van der Waals surface area contributed by atoms with Gasteiger partial charge in [-0.3, -0.25) is 9.52 Å². The van der Waals surface area contributed by atoms with E-state index in [-0.39, 0.29) is 22.0 Å². The van der Waals surface area contributed by atoms with Crippen LogP contribution in [-0.2, 0) is 26.1 Å². The number of rotatable bonds is 8. The largest absolute Gasteiger partial charge is 0.467 e. The SMILES string of the molecule is O=C(COC(=O)c1cc(S(=O)(=O)Nc2ccc(I)cc2)ccc1Cl)NCc1ccco1. The molecule has 0 aliphatic carbocycles. The second kappa shape index (κ2) is 10.2. The van der Waals surface area contributed by atoms with Crippen LogP contribution in [0.2, 0.25) is 5.02 Å². The highest BCUT2D eigenvalue weighted by Crippen LogP contribution is 2.23. The van der Waals surface area contributed by atoms with Gasteiger partial charge in [0.25, 0.3) is 15.9 Å². The molecular formula is C20H16ClIN2O6S. The van der Waals surface area contributed by atoms with Gasteiger partial charge >= 0.3 is 5.97 Å². The van der Waals surface area contributed by atoms with Crippen molar-refractivity contribution in [1.82, 2.24) is 5.32 Å². The number of anilines is 1. The van der Waals surface area contributed by atoms with Crippen LogP contribution in [-0.4, -0.2) is 26.9 Å². The Morgan fingerprint density at radius 3 is 2.52 bits per heavy atom. The Kier molecular flexibility index (Phi) is 7.57. The minimum Gasteiger partial charge on any atom is -0.467 e. The van der Waals surface area contributed by atoms with Crippen LogP contribution in [0.4, 0.5) is 5.69 Å². The topological polar surface area (TPSA) is 115 Å². The lowest BCUT2D eigenvalue weighted by atomic mass is 10.2. The van der Waals surface area contributed by atoms with Gasteiger partial charge in [0.05, 0.1) is 28.3 Å². The van der Waals surface area contributed by atoms with Crippen molar-refractivity contribution in [3.05, 3.63) is 80.8 Å². The maximum absolute atomic E-state index is 12.7. The Hall–Kier alpha value is -2.57. The molecule has 2 aromatic carbocycles. The Morgan fingerprint density at radius 2 is 1.84 bits per heavy atom. The first-order valence-corrected chi connectivity index (χ1v) is 11.7. The number of halogens is 2. The third-order valence-corrected chi connectivity index (χ3v) is 6.37. The molecule has 1 aromatic heterocycles. The summed E-state index contributed by atoms with van der Waals surface area (Å²) in [6.07, 6.45) is 1.47. The smallest absolute Gasteiger partial charge is 0.340 e. The molecule has 11 heteroatoms. The fourth-order valence-electron chi connectivity index (χ4n) is 2.42. The third-order valence-electron chi connectivity index (χ3n) is 3.94. The van der Waals surface area contributed by atoms with E-state index in [2.05, 4.69) is 32.6 Å². The molecule has 1 amide bonds. The van der Waals surface area contributed by atoms with Crippen LogP contribution >= 0.6 is 34.2 Å². The van der Waals surface area contributed by atoms with Crippen molar-refractivity contribution in [1.29, 1.82) is 0 Å². The number of ether oxygens (including phenoxy) is 1. The average molecular weight is 575 g/mol. The maximum atomic E-state index is 12.7. The third kappa shape index (κ3) is 6.45. The highest BCUT2D eigenvalue weighted by Gasteiger charge is 2.20. The Morgan fingerprint density at radius 1 is 1.10 bits per heavy atom. The first-order valence-electron chi connectivity index (χ1n) is 8.79. The summed E-state index contributed by atoms with van der Waals surface area (Å²) in [4.78, 5) is 24.0. The van der Waals surface area contributed by atoms with Crippen molar-refractivity contribution in [3.8, 4) is 0 Å². The predicted molar refractivity (Wildman–Crippen MR) is 122 cm³/mol. The quantitative estimate of drug-likeness (QED) is 0.312. The van der Waals surface area contributed by atoms with Crippen LogP contribution < -0.4 is 10.0 Å². The van der Waals surface area contributed by atoms with E-state index >= 15 is 0 Å². The number of benzene rings is 2. The molecular weight excluding hydrogens is 559 g/mol. The molecule has 0 saturated heterocycles. The van der Waals surface area contributed by atoms with Crippen molar-refractivity contribution in [3.63, 3.8) is 0 Å². The Balaban J connectivity index is 1.65. The number of hydrogen-bond acceptors (Lipinski definition) is 6. The number of esters is 1. The number of carbonyl (C=O) groups excluding carboxylic acids is 2. The van der Waals surface area contributed by atoms with E-state index in [0.29, 0.717) is 11.4 Å². The van der Waals surface area contributed by atoms with Crippen LogP contribution in [0.5, 0.6) is 0 Å². The zero-order valence-electron chi connectivity index (χ0n) is 15.8. The number of amides is 1. The summed E-state index contributed by atoms with van der Waals surface area (Å²) in [5.74, 6) is -0.934. The van der Waals surface area contributed by atoms with E-state index in [4.69, 9.17) is 20.8 Å². The summed E-state index contributed by atoms with van der Waals surface area (Å²) in [5, 5.41) is 2.52. The van der Waals surface area contributed by atoms with E-state index in [1.54, 1.807) is 36.4 Å². The first-order chi connectivity index (χ1) is 14.7. The second-order valence-corrected chi connectivity index (χ2v) is 9.52. The average Bonchev–Trinajstić information content (AvgIpc) is 3.26. The van der Waals surface area contributed by atoms with Crippen molar-refractivity contribution >= 4 is 61.8 Å². The molecule has 3 aromatic rings. The fraction of sp³-hybridized carbons (Fsp3) is 0.100. The standard InChI is InChI=1S/C20H16ClIN2O6S/c21-18-8-7-16(31(27,28)24-14-5-3-13(22)4-6-14)10-17(18)20(26)30-12-19(25)23-11-15-2-1-9-29-15/h1-10,24H,11-12H2,(H,23,25). The van der Waals surface area contributed by atoms with Crippen molar-refractivity contribution in [2.75, 3.05) is 11.3 Å². The molecule has 3 rings (SSSR count). The molecule has 0 bridgehead atoms. The molecule has 31 heavy (non-hydrogen) atoms. The zero-order chi connectivity index (χ0) is 22.4. The van der Waals surface area contributed by atoms with Crippen LogP contribution in [0, 0.1) is 3.57 Å². The normalized spacial score (nSPS) is 11.0. The van der Waals surface area contributed by atoms with E-state index in [1.165, 1.54) is 18.4 Å². The van der Waals surface area contributed by atoms with E-state index in [9.17, 15) is 18.0 Å². The summed E-state index contributed by atoms with van der Waals surface area (Å²) in [7, 11) is -3.97. The van der Waals surface area contributed by atoms with Crippen molar-refractivity contribution < 1.29 is 27.2 Å². The number of carbonyl (C=O) groups is 2. The maximum Gasteiger partial charge on any atom is 0.340 e. The minimum atomic E-state index is -3.97. The molecule has 0 spiro atoms. The van der Waals surface area contributed by atoms with Gasteiger partial charge in [-0.25, -0.2) is 13.2 Å². The van der Waals surface area contributed by atoms with E-state index in [1.807, 2.05) is 0 Å². The minimum absolute atomic E-state index is 0.00536. The summed E-state index contributed by atoms with van der Waals surface area (Å²) in [6, 6.07) is 13.7. The van der Waals surface area contributed by atoms with E-state index in [0.717, 1.165) is 9.64 Å². The molecule has 162 valence electrons. The van der Waals surface area contributed by atoms with Gasteiger partial charge < -0.3 is 14.5 Å². The lowest BCUT2D eigenvalue weighted by Gasteiger charge is -2.11. The molecule has 0 aliphatic heterocycles. The van der Waals surface area contributed by atoms with Gasteiger partial charge in [0.2, 0.25) is 0 Å². The lowest BCUT2D eigenvalue weighted by molar-refractivity contribution is -0.124. The highest BCUT2D eigenvalue weighted by atomic mass is 127. The molecule has 2 N–H and O–H groups in total. The number of furan rings is 1. The van der Waals surface area contributed by atoms with Gasteiger partial charge in [0, 0.05) is 9.26 Å². The molecule has 0 radical (unpaired) electrons. The van der Waals surface area contributed by atoms with Crippen molar-refractivity contribution in [2.45, 2.75) is 11.4 Å². The van der Waals surface area contributed by atoms with Gasteiger partial charge in [0.15, 0.2) is 6.61 Å². The molecule has 0 unspecified atom stereocenters. The number of sulfonamides is 1. The van der Waals surface area contributed by atoms with Gasteiger partial charge in [-0.2, -0.15) is 0 Å². The Bertz CT molecular complexity index is 1180. The molecule has 0 atom stereocenters. The van der Waals surface area contributed by atoms with Crippen molar-refractivity contribution in [2.24, 2.45) is 0 Å². The highest BCUT2D eigenvalue weighted by molar-refractivity contribution is 14.1. The lowest BCUT2D eigenvalue weighted by Crippen LogP contribution is -2.28. The monoisotopic (exact) mass is 574 g/mol. The summed E-state index contributed by atoms with van der Waals surface area (Å²) >= 11 is 8.14. The zero-order valence-corrected chi connectivity index (χ0v) is 19.5. The van der Waals surface area contributed by atoms with Gasteiger partial charge in [-0.15, -0.1) is 0 Å². The summed E-state index contributed by atoms with van der Waals surface area (Å²) in [6.45, 7) is -0.421. The van der Waals surface area contributed by atoms with Crippen LogP contribution in [0.1, 0.15) is 16.1 Å². The van der Waals surface area contributed by atoms with Gasteiger partial charge in [-0.05, 0) is 77.2 Å². The fourth-order valence-corrected chi connectivity index (χ4v) is 4.06. The summed E-state index contributed by atoms with van der Waals surface area (Å²) < 4.78 is 38.7. The number of hydrogen-bond donors (Lipinski definition) is 2. The second-order valence-electron chi connectivity index (χ2n) is 6.19. The Labute approximate surface area is 197 Å². The van der Waals surface area contributed by atoms with Crippen LogP contribution in [0.25, 0.3) is 0 Å². The summed E-state index contributed by atoms with van der Waals surface area (Å²) in [5.41, 5.74) is 0.193. The first kappa shape index (κ1) is 23.1. The molecule has 0 aliphatic rings. The number of nitrogens with one attached hydrogen (secondary N) is 2.